The molecule has 0 bridgehead atoms. The Hall–Kier alpha value is -1.47. The van der Waals surface area contributed by atoms with Gasteiger partial charge in [-0.2, -0.15) is 13.2 Å². The average molecular weight is 315 g/mol. The molecule has 1 heterocycles. The SMILES string of the molecule is CCCc1nnsc1C(NC)c1ccc(C(F)(F)F)cc1. The maximum atomic E-state index is 12.6. The molecule has 3 nitrogen and oxygen atoms in total. The van der Waals surface area contributed by atoms with Gasteiger partial charge in [0, 0.05) is 0 Å². The Kier molecular flexibility index (Phi) is 4.95. The molecule has 0 saturated heterocycles. The van der Waals surface area contributed by atoms with Crippen molar-refractivity contribution < 1.29 is 13.2 Å². The maximum Gasteiger partial charge on any atom is 0.416 e. The van der Waals surface area contributed by atoms with E-state index >= 15 is 0 Å². The van der Waals surface area contributed by atoms with E-state index in [4.69, 9.17) is 0 Å². The lowest BCUT2D eigenvalue weighted by molar-refractivity contribution is -0.137. The standard InChI is InChI=1S/C14H16F3N3S/c1-3-4-11-13(21-20-19-11)12(18-2)9-5-7-10(8-6-9)14(15,16)17/h5-8,12,18H,3-4H2,1-2H3. The topological polar surface area (TPSA) is 37.8 Å². The van der Waals surface area contributed by atoms with Crippen molar-refractivity contribution in [2.24, 2.45) is 0 Å². The number of rotatable bonds is 5. The Balaban J connectivity index is 2.31. The van der Waals surface area contributed by atoms with Gasteiger partial charge in [0.15, 0.2) is 0 Å². The van der Waals surface area contributed by atoms with Crippen LogP contribution in [0.4, 0.5) is 13.2 Å². The summed E-state index contributed by atoms with van der Waals surface area (Å²) in [6.45, 7) is 2.05. The first-order valence-corrected chi connectivity index (χ1v) is 7.40. The highest BCUT2D eigenvalue weighted by atomic mass is 32.1. The number of alkyl halides is 3. The molecule has 7 heteroatoms. The molecule has 0 aliphatic rings. The van der Waals surface area contributed by atoms with E-state index in [-0.39, 0.29) is 6.04 Å². The quantitative estimate of drug-likeness (QED) is 0.911. The van der Waals surface area contributed by atoms with Crippen LogP contribution in [0.15, 0.2) is 24.3 Å². The van der Waals surface area contributed by atoms with Crippen LogP contribution in [0.25, 0.3) is 0 Å². The Labute approximate surface area is 125 Å². The number of benzene rings is 1. The van der Waals surface area contributed by atoms with Crippen LogP contribution < -0.4 is 5.32 Å². The number of nitrogens with zero attached hydrogens (tertiary/aromatic N) is 2. The third-order valence-corrected chi connectivity index (χ3v) is 4.03. The summed E-state index contributed by atoms with van der Waals surface area (Å²) in [5, 5.41) is 7.23. The van der Waals surface area contributed by atoms with E-state index in [1.54, 1.807) is 7.05 Å². The zero-order valence-electron chi connectivity index (χ0n) is 11.7. The molecule has 1 aromatic heterocycles. The predicted octanol–water partition coefficient (Wildman–Crippen LogP) is 3.82. The van der Waals surface area contributed by atoms with Gasteiger partial charge in [-0.1, -0.05) is 30.0 Å². The second-order valence-corrected chi connectivity index (χ2v) is 5.46. The highest BCUT2D eigenvalue weighted by Crippen LogP contribution is 2.32. The summed E-state index contributed by atoms with van der Waals surface area (Å²) in [6.07, 6.45) is -2.56. The summed E-state index contributed by atoms with van der Waals surface area (Å²) >= 11 is 1.28. The van der Waals surface area contributed by atoms with E-state index in [0.29, 0.717) is 0 Å². The van der Waals surface area contributed by atoms with E-state index in [1.165, 1.54) is 23.7 Å². The summed E-state index contributed by atoms with van der Waals surface area (Å²) in [6, 6.07) is 5.02. The molecular weight excluding hydrogens is 299 g/mol. The fourth-order valence-electron chi connectivity index (χ4n) is 2.16. The average Bonchev–Trinajstić information content (AvgIpc) is 2.88. The molecule has 0 fully saturated rings. The molecule has 2 aromatic rings. The van der Waals surface area contributed by atoms with Crippen LogP contribution in [0.3, 0.4) is 0 Å². The largest absolute Gasteiger partial charge is 0.416 e. The molecule has 0 aliphatic heterocycles. The Bertz CT molecular complexity index is 578. The smallest absolute Gasteiger partial charge is 0.309 e. The molecule has 114 valence electrons. The van der Waals surface area contributed by atoms with Gasteiger partial charge in [0.2, 0.25) is 0 Å². The number of hydrogen-bond acceptors (Lipinski definition) is 4. The van der Waals surface area contributed by atoms with Crippen LogP contribution >= 0.6 is 11.5 Å². The van der Waals surface area contributed by atoms with Crippen LogP contribution in [0.1, 0.15) is 41.1 Å². The van der Waals surface area contributed by atoms with E-state index in [9.17, 15) is 13.2 Å². The van der Waals surface area contributed by atoms with Crippen LogP contribution in [0.2, 0.25) is 0 Å². The highest BCUT2D eigenvalue weighted by Gasteiger charge is 2.30. The molecule has 0 saturated carbocycles. The van der Waals surface area contributed by atoms with Gasteiger partial charge in [0.05, 0.1) is 22.2 Å². The molecule has 21 heavy (non-hydrogen) atoms. The van der Waals surface area contributed by atoms with Gasteiger partial charge in [-0.25, -0.2) is 0 Å². The minimum absolute atomic E-state index is 0.186. The van der Waals surface area contributed by atoms with Crippen molar-refractivity contribution in [3.05, 3.63) is 46.0 Å². The Morgan fingerprint density at radius 2 is 1.90 bits per heavy atom. The number of nitrogens with one attached hydrogen (secondary N) is 1. The lowest BCUT2D eigenvalue weighted by Crippen LogP contribution is -2.18. The zero-order chi connectivity index (χ0) is 15.5. The lowest BCUT2D eigenvalue weighted by Gasteiger charge is -2.16. The Morgan fingerprint density at radius 3 is 2.43 bits per heavy atom. The van der Waals surface area contributed by atoms with E-state index in [1.807, 2.05) is 0 Å². The van der Waals surface area contributed by atoms with Crippen molar-refractivity contribution in [1.82, 2.24) is 14.9 Å². The zero-order valence-corrected chi connectivity index (χ0v) is 12.6. The first kappa shape index (κ1) is 15.9. The molecule has 1 aromatic carbocycles. The number of halogens is 3. The van der Waals surface area contributed by atoms with Crippen LogP contribution in [0, 0.1) is 0 Å². The fraction of sp³-hybridized carbons (Fsp3) is 0.429. The molecule has 0 aliphatic carbocycles. The van der Waals surface area contributed by atoms with E-state index in [0.717, 1.165) is 41.1 Å². The molecule has 1 atom stereocenters. The number of aromatic nitrogens is 2. The summed E-state index contributed by atoms with van der Waals surface area (Å²) in [7, 11) is 1.78. The fourth-order valence-corrected chi connectivity index (χ4v) is 2.99. The van der Waals surface area contributed by atoms with Crippen molar-refractivity contribution in [3.8, 4) is 0 Å². The van der Waals surface area contributed by atoms with Gasteiger partial charge in [-0.15, -0.1) is 5.10 Å². The Morgan fingerprint density at radius 1 is 1.24 bits per heavy atom. The summed E-state index contributed by atoms with van der Waals surface area (Å²) in [5.41, 5.74) is 1.04. The maximum absolute atomic E-state index is 12.6. The third-order valence-electron chi connectivity index (χ3n) is 3.19. The van der Waals surface area contributed by atoms with Crippen LogP contribution in [-0.2, 0) is 12.6 Å². The normalized spacial score (nSPS) is 13.4. The molecule has 0 radical (unpaired) electrons. The second kappa shape index (κ2) is 6.53. The summed E-state index contributed by atoms with van der Waals surface area (Å²) in [4.78, 5) is 0.958. The van der Waals surface area contributed by atoms with Crippen molar-refractivity contribution >= 4 is 11.5 Å². The molecule has 2 rings (SSSR count). The van der Waals surface area contributed by atoms with E-state index in [2.05, 4.69) is 21.8 Å². The molecule has 1 N–H and O–H groups in total. The molecule has 0 amide bonds. The van der Waals surface area contributed by atoms with Crippen molar-refractivity contribution in [2.75, 3.05) is 7.05 Å². The molecule has 1 unspecified atom stereocenters. The first-order valence-electron chi connectivity index (χ1n) is 6.63. The molecule has 0 spiro atoms. The number of hydrogen-bond donors (Lipinski definition) is 1. The first-order chi connectivity index (χ1) is 9.97. The van der Waals surface area contributed by atoms with Gasteiger partial charge in [0.1, 0.15) is 0 Å². The van der Waals surface area contributed by atoms with Crippen molar-refractivity contribution in [2.45, 2.75) is 32.0 Å². The van der Waals surface area contributed by atoms with Crippen molar-refractivity contribution in [1.29, 1.82) is 0 Å². The van der Waals surface area contributed by atoms with Gasteiger partial charge in [-0.05, 0) is 42.7 Å². The summed E-state index contributed by atoms with van der Waals surface area (Å²) < 4.78 is 41.8. The van der Waals surface area contributed by atoms with Gasteiger partial charge in [0.25, 0.3) is 0 Å². The summed E-state index contributed by atoms with van der Waals surface area (Å²) in [5.74, 6) is 0. The van der Waals surface area contributed by atoms with Gasteiger partial charge in [-0.3, -0.25) is 0 Å². The third kappa shape index (κ3) is 3.59. The minimum Gasteiger partial charge on any atom is -0.309 e. The van der Waals surface area contributed by atoms with E-state index < -0.39 is 11.7 Å². The number of aryl methyl sites for hydroxylation is 1. The minimum atomic E-state index is -4.31. The monoisotopic (exact) mass is 315 g/mol. The van der Waals surface area contributed by atoms with Crippen molar-refractivity contribution in [3.63, 3.8) is 0 Å². The van der Waals surface area contributed by atoms with Gasteiger partial charge >= 0.3 is 6.18 Å². The van der Waals surface area contributed by atoms with Crippen LogP contribution in [-0.4, -0.2) is 16.6 Å². The highest BCUT2D eigenvalue weighted by molar-refractivity contribution is 7.05. The lowest BCUT2D eigenvalue weighted by atomic mass is 10.0. The van der Waals surface area contributed by atoms with Gasteiger partial charge < -0.3 is 5.32 Å². The predicted molar refractivity (Wildman–Crippen MR) is 76.3 cm³/mol. The second-order valence-electron chi connectivity index (χ2n) is 4.68. The molecular formula is C14H16F3N3S. The van der Waals surface area contributed by atoms with Crippen LogP contribution in [0.5, 0.6) is 0 Å².